The zero-order chi connectivity index (χ0) is 21.9. The van der Waals surface area contributed by atoms with Gasteiger partial charge in [0, 0.05) is 18.0 Å². The zero-order valence-corrected chi connectivity index (χ0v) is 18.6. The van der Waals surface area contributed by atoms with Gasteiger partial charge in [0.2, 0.25) is 5.91 Å². The lowest BCUT2D eigenvalue weighted by atomic mass is 9.85. The molecule has 2 amide bonds. The van der Waals surface area contributed by atoms with Gasteiger partial charge in [-0.25, -0.2) is 0 Å². The number of unbranched alkanes of at least 4 members (excludes halogenated alkanes) is 1. The SMILES string of the molecule is Cc1ccc2c(c1)c(C(=O)NC(C(=O)NC1CCC1)C(C)(C)C)nn2CCCCN. The molecule has 7 nitrogen and oxygen atoms in total. The lowest BCUT2D eigenvalue weighted by molar-refractivity contribution is -0.126. The molecule has 0 bridgehead atoms. The molecular weight excluding hydrogens is 378 g/mol. The number of benzene rings is 1. The molecule has 0 spiro atoms. The number of carbonyl (C=O) groups is 2. The van der Waals surface area contributed by atoms with Crippen LogP contribution in [0.25, 0.3) is 10.9 Å². The first-order valence-corrected chi connectivity index (χ1v) is 11.0. The van der Waals surface area contributed by atoms with Crippen LogP contribution in [-0.2, 0) is 11.3 Å². The van der Waals surface area contributed by atoms with Crippen molar-refractivity contribution in [2.45, 2.75) is 78.4 Å². The van der Waals surface area contributed by atoms with Gasteiger partial charge in [-0.1, -0.05) is 32.4 Å². The molecule has 4 N–H and O–H groups in total. The van der Waals surface area contributed by atoms with Crippen molar-refractivity contribution in [3.05, 3.63) is 29.5 Å². The van der Waals surface area contributed by atoms with Gasteiger partial charge >= 0.3 is 0 Å². The van der Waals surface area contributed by atoms with Gasteiger partial charge in [0.25, 0.3) is 5.91 Å². The molecule has 3 rings (SSSR count). The maximum Gasteiger partial charge on any atom is 0.273 e. The van der Waals surface area contributed by atoms with Gasteiger partial charge < -0.3 is 16.4 Å². The molecule has 1 fully saturated rings. The molecule has 2 aromatic rings. The number of aromatic nitrogens is 2. The molecule has 1 heterocycles. The number of hydrogen-bond donors (Lipinski definition) is 3. The van der Waals surface area contributed by atoms with E-state index in [0.717, 1.165) is 48.6 Å². The molecule has 7 heteroatoms. The Labute approximate surface area is 178 Å². The van der Waals surface area contributed by atoms with Crippen LogP contribution >= 0.6 is 0 Å². The highest BCUT2D eigenvalue weighted by Crippen LogP contribution is 2.25. The summed E-state index contributed by atoms with van der Waals surface area (Å²) in [5, 5.41) is 11.5. The third-order valence-corrected chi connectivity index (χ3v) is 5.80. The van der Waals surface area contributed by atoms with Gasteiger partial charge in [-0.05, 0) is 63.1 Å². The molecule has 0 radical (unpaired) electrons. The van der Waals surface area contributed by atoms with Gasteiger partial charge in [0.15, 0.2) is 5.69 Å². The van der Waals surface area contributed by atoms with Crippen LogP contribution in [0.15, 0.2) is 18.2 Å². The number of fused-ring (bicyclic) bond motifs is 1. The Morgan fingerprint density at radius 1 is 1.27 bits per heavy atom. The third-order valence-electron chi connectivity index (χ3n) is 5.80. The molecule has 1 unspecified atom stereocenters. The number of rotatable bonds is 8. The summed E-state index contributed by atoms with van der Waals surface area (Å²) < 4.78 is 1.87. The van der Waals surface area contributed by atoms with E-state index in [0.29, 0.717) is 18.8 Å². The number of hydrogen-bond acceptors (Lipinski definition) is 4. The van der Waals surface area contributed by atoms with Crippen molar-refractivity contribution in [3.8, 4) is 0 Å². The largest absolute Gasteiger partial charge is 0.352 e. The fourth-order valence-electron chi connectivity index (χ4n) is 3.75. The highest BCUT2D eigenvalue weighted by molar-refractivity contribution is 6.06. The standard InChI is InChI=1S/C23H35N5O2/c1-15-10-11-18-17(14-15)19(27-28(18)13-6-5-12-24)21(29)26-20(23(2,3)4)22(30)25-16-8-7-9-16/h10-11,14,16,20H,5-9,12-13,24H2,1-4H3,(H,25,30)(H,26,29). The molecule has 164 valence electrons. The topological polar surface area (TPSA) is 102 Å². The van der Waals surface area contributed by atoms with Crippen LogP contribution in [-0.4, -0.2) is 40.2 Å². The van der Waals surface area contributed by atoms with Crippen LogP contribution in [0, 0.1) is 12.3 Å². The molecule has 1 atom stereocenters. The lowest BCUT2D eigenvalue weighted by Gasteiger charge is -2.34. The van der Waals surface area contributed by atoms with Gasteiger partial charge in [-0.15, -0.1) is 0 Å². The Bertz CT molecular complexity index is 908. The molecule has 1 aliphatic rings. The van der Waals surface area contributed by atoms with E-state index in [1.54, 1.807) is 0 Å². The molecule has 1 aromatic carbocycles. The molecule has 0 aliphatic heterocycles. The van der Waals surface area contributed by atoms with Gasteiger partial charge in [-0.2, -0.15) is 5.10 Å². The van der Waals surface area contributed by atoms with Crippen molar-refractivity contribution in [1.29, 1.82) is 0 Å². The Kier molecular flexibility index (Phi) is 6.81. The van der Waals surface area contributed by atoms with Crippen LogP contribution in [0.2, 0.25) is 0 Å². The second-order valence-electron chi connectivity index (χ2n) is 9.50. The maximum absolute atomic E-state index is 13.3. The summed E-state index contributed by atoms with van der Waals surface area (Å²) >= 11 is 0. The monoisotopic (exact) mass is 413 g/mol. The molecule has 1 saturated carbocycles. The number of nitrogens with two attached hydrogens (primary N) is 1. The fraction of sp³-hybridized carbons (Fsp3) is 0.609. The van der Waals surface area contributed by atoms with E-state index in [1.807, 2.05) is 50.6 Å². The van der Waals surface area contributed by atoms with Crippen LogP contribution in [0.1, 0.15) is 68.9 Å². The minimum Gasteiger partial charge on any atom is -0.352 e. The summed E-state index contributed by atoms with van der Waals surface area (Å²) in [5.74, 6) is -0.435. The van der Waals surface area contributed by atoms with Crippen molar-refractivity contribution >= 4 is 22.7 Å². The van der Waals surface area contributed by atoms with E-state index >= 15 is 0 Å². The Morgan fingerprint density at radius 3 is 2.60 bits per heavy atom. The summed E-state index contributed by atoms with van der Waals surface area (Å²) in [6.07, 6.45) is 4.96. The number of amides is 2. The third kappa shape index (κ3) is 5.01. The van der Waals surface area contributed by atoms with E-state index in [2.05, 4.69) is 15.7 Å². The Morgan fingerprint density at radius 2 is 2.00 bits per heavy atom. The van der Waals surface area contributed by atoms with Crippen LogP contribution < -0.4 is 16.4 Å². The summed E-state index contributed by atoms with van der Waals surface area (Å²) in [5.41, 5.74) is 7.56. The Balaban J connectivity index is 1.86. The highest BCUT2D eigenvalue weighted by Gasteiger charge is 2.35. The molecule has 30 heavy (non-hydrogen) atoms. The maximum atomic E-state index is 13.3. The predicted octanol–water partition coefficient (Wildman–Crippen LogP) is 2.90. The Hall–Kier alpha value is -2.41. The average Bonchev–Trinajstić information content (AvgIpc) is 2.99. The van der Waals surface area contributed by atoms with E-state index in [4.69, 9.17) is 5.73 Å². The summed E-state index contributed by atoms with van der Waals surface area (Å²) in [6, 6.07) is 5.60. The second-order valence-corrected chi connectivity index (χ2v) is 9.50. The first kappa shape index (κ1) is 22.3. The first-order chi connectivity index (χ1) is 14.2. The van der Waals surface area contributed by atoms with E-state index in [9.17, 15) is 9.59 Å². The summed E-state index contributed by atoms with van der Waals surface area (Å²) in [7, 11) is 0. The normalized spacial score (nSPS) is 15.6. The van der Waals surface area contributed by atoms with Crippen molar-refractivity contribution < 1.29 is 9.59 Å². The average molecular weight is 414 g/mol. The van der Waals surface area contributed by atoms with Crippen molar-refractivity contribution in [2.75, 3.05) is 6.54 Å². The lowest BCUT2D eigenvalue weighted by Crippen LogP contribution is -2.56. The number of carbonyl (C=O) groups excluding carboxylic acids is 2. The van der Waals surface area contributed by atoms with Crippen LogP contribution in [0.4, 0.5) is 0 Å². The second kappa shape index (κ2) is 9.16. The van der Waals surface area contributed by atoms with E-state index < -0.39 is 11.5 Å². The minimum atomic E-state index is -0.632. The summed E-state index contributed by atoms with van der Waals surface area (Å²) in [4.78, 5) is 26.2. The minimum absolute atomic E-state index is 0.122. The molecule has 0 saturated heterocycles. The molecule has 1 aromatic heterocycles. The fourth-order valence-corrected chi connectivity index (χ4v) is 3.75. The van der Waals surface area contributed by atoms with Crippen molar-refractivity contribution in [1.82, 2.24) is 20.4 Å². The van der Waals surface area contributed by atoms with Crippen LogP contribution in [0.3, 0.4) is 0 Å². The van der Waals surface area contributed by atoms with Crippen LogP contribution in [0.5, 0.6) is 0 Å². The van der Waals surface area contributed by atoms with Gasteiger partial charge in [-0.3, -0.25) is 14.3 Å². The van der Waals surface area contributed by atoms with E-state index in [-0.39, 0.29) is 17.9 Å². The zero-order valence-electron chi connectivity index (χ0n) is 18.6. The molecule has 1 aliphatic carbocycles. The summed E-state index contributed by atoms with van der Waals surface area (Å²) in [6.45, 7) is 9.23. The number of nitrogens with zero attached hydrogens (tertiary/aromatic N) is 2. The molecular formula is C23H35N5O2. The van der Waals surface area contributed by atoms with Gasteiger partial charge in [0.05, 0.1) is 5.52 Å². The quantitative estimate of drug-likeness (QED) is 0.579. The van der Waals surface area contributed by atoms with E-state index in [1.165, 1.54) is 0 Å². The van der Waals surface area contributed by atoms with Crippen molar-refractivity contribution in [3.63, 3.8) is 0 Å². The predicted molar refractivity (Wildman–Crippen MR) is 119 cm³/mol. The highest BCUT2D eigenvalue weighted by atomic mass is 16.2. The van der Waals surface area contributed by atoms with Gasteiger partial charge in [0.1, 0.15) is 6.04 Å². The smallest absolute Gasteiger partial charge is 0.273 e. The number of aryl methyl sites for hydroxylation is 2. The number of nitrogens with one attached hydrogen (secondary N) is 2. The van der Waals surface area contributed by atoms with Crippen molar-refractivity contribution in [2.24, 2.45) is 11.1 Å². The first-order valence-electron chi connectivity index (χ1n) is 11.0.